The van der Waals surface area contributed by atoms with Crippen molar-refractivity contribution in [3.63, 3.8) is 0 Å². The molecule has 0 aromatic heterocycles. The fourth-order valence-electron chi connectivity index (χ4n) is 2.57. The van der Waals surface area contributed by atoms with Gasteiger partial charge in [-0.25, -0.2) is 9.59 Å². The SMILES string of the molecule is COC(=O)[C@@H](Cc1ccc(C(=O)OC(C)(C)C)cc1)NC(=O)c1cccc(O)c1. The van der Waals surface area contributed by atoms with Crippen LogP contribution in [0.5, 0.6) is 5.75 Å². The van der Waals surface area contributed by atoms with E-state index in [1.54, 1.807) is 45.0 Å². The maximum absolute atomic E-state index is 12.4. The average Bonchev–Trinajstić information content (AvgIpc) is 2.66. The lowest BCUT2D eigenvalue weighted by Gasteiger charge is -2.20. The second-order valence-electron chi connectivity index (χ2n) is 7.50. The molecule has 0 aliphatic rings. The first-order chi connectivity index (χ1) is 13.6. The van der Waals surface area contributed by atoms with Gasteiger partial charge in [-0.05, 0) is 56.7 Å². The molecule has 7 heteroatoms. The van der Waals surface area contributed by atoms with Crippen molar-refractivity contribution in [3.05, 3.63) is 65.2 Å². The number of benzene rings is 2. The number of phenols is 1. The monoisotopic (exact) mass is 399 g/mol. The van der Waals surface area contributed by atoms with Crippen molar-refractivity contribution in [2.75, 3.05) is 7.11 Å². The van der Waals surface area contributed by atoms with Crippen LogP contribution in [0.1, 0.15) is 47.1 Å². The Labute approximate surface area is 169 Å². The zero-order valence-corrected chi connectivity index (χ0v) is 16.9. The Morgan fingerprint density at radius 1 is 1.03 bits per heavy atom. The van der Waals surface area contributed by atoms with Gasteiger partial charge in [0.05, 0.1) is 12.7 Å². The molecule has 154 valence electrons. The summed E-state index contributed by atoms with van der Waals surface area (Å²) in [4.78, 5) is 36.6. The number of aromatic hydroxyl groups is 1. The Kier molecular flexibility index (Phi) is 6.98. The Morgan fingerprint density at radius 2 is 1.69 bits per heavy atom. The first-order valence-electron chi connectivity index (χ1n) is 9.09. The summed E-state index contributed by atoms with van der Waals surface area (Å²) in [6.45, 7) is 5.36. The minimum absolute atomic E-state index is 0.0509. The third-order valence-electron chi connectivity index (χ3n) is 3.93. The molecular formula is C22H25NO6. The van der Waals surface area contributed by atoms with Crippen LogP contribution < -0.4 is 5.32 Å². The number of ether oxygens (including phenoxy) is 2. The van der Waals surface area contributed by atoms with E-state index < -0.39 is 29.5 Å². The second kappa shape index (κ2) is 9.23. The number of esters is 2. The molecule has 1 atom stereocenters. The van der Waals surface area contributed by atoms with E-state index >= 15 is 0 Å². The maximum atomic E-state index is 12.4. The van der Waals surface area contributed by atoms with Gasteiger partial charge in [-0.3, -0.25) is 4.79 Å². The van der Waals surface area contributed by atoms with Crippen LogP contribution in [0.4, 0.5) is 0 Å². The van der Waals surface area contributed by atoms with Gasteiger partial charge in [0.15, 0.2) is 0 Å². The van der Waals surface area contributed by atoms with E-state index in [2.05, 4.69) is 5.32 Å². The number of hydrogen-bond acceptors (Lipinski definition) is 6. The predicted molar refractivity (Wildman–Crippen MR) is 107 cm³/mol. The topological polar surface area (TPSA) is 102 Å². The zero-order chi connectivity index (χ0) is 21.6. The van der Waals surface area contributed by atoms with Gasteiger partial charge < -0.3 is 19.9 Å². The smallest absolute Gasteiger partial charge is 0.338 e. The highest BCUT2D eigenvalue weighted by Gasteiger charge is 2.23. The fourth-order valence-corrected chi connectivity index (χ4v) is 2.57. The van der Waals surface area contributed by atoms with E-state index in [9.17, 15) is 19.5 Å². The molecule has 0 fully saturated rings. The highest BCUT2D eigenvalue weighted by Crippen LogP contribution is 2.15. The van der Waals surface area contributed by atoms with Crippen molar-refractivity contribution in [3.8, 4) is 5.75 Å². The molecule has 1 amide bonds. The van der Waals surface area contributed by atoms with Crippen LogP contribution in [-0.4, -0.2) is 41.7 Å². The lowest BCUT2D eigenvalue weighted by molar-refractivity contribution is -0.142. The van der Waals surface area contributed by atoms with Crippen molar-refractivity contribution >= 4 is 17.8 Å². The molecule has 2 N–H and O–H groups in total. The van der Waals surface area contributed by atoms with Crippen molar-refractivity contribution < 1.29 is 29.0 Å². The lowest BCUT2D eigenvalue weighted by Crippen LogP contribution is -2.43. The number of phenolic OH excluding ortho intramolecular Hbond substituents is 1. The van der Waals surface area contributed by atoms with Crippen LogP contribution in [0.25, 0.3) is 0 Å². The molecular weight excluding hydrogens is 374 g/mol. The molecule has 0 saturated heterocycles. The number of hydrogen-bond donors (Lipinski definition) is 2. The minimum Gasteiger partial charge on any atom is -0.508 e. The molecule has 0 radical (unpaired) electrons. The zero-order valence-electron chi connectivity index (χ0n) is 16.9. The van der Waals surface area contributed by atoms with Crippen LogP contribution in [0.15, 0.2) is 48.5 Å². The van der Waals surface area contributed by atoms with Gasteiger partial charge in [0.2, 0.25) is 0 Å². The summed E-state index contributed by atoms with van der Waals surface area (Å²) in [7, 11) is 1.24. The number of carbonyl (C=O) groups is 3. The highest BCUT2D eigenvalue weighted by molar-refractivity contribution is 5.97. The molecule has 0 aliphatic heterocycles. The Morgan fingerprint density at radius 3 is 2.24 bits per heavy atom. The van der Waals surface area contributed by atoms with Crippen LogP contribution >= 0.6 is 0 Å². The molecule has 0 saturated carbocycles. The normalized spacial score (nSPS) is 12.0. The first-order valence-corrected chi connectivity index (χ1v) is 9.09. The molecule has 0 spiro atoms. The van der Waals surface area contributed by atoms with Gasteiger partial charge in [0.25, 0.3) is 5.91 Å². The van der Waals surface area contributed by atoms with Crippen molar-refractivity contribution in [1.82, 2.24) is 5.32 Å². The molecule has 0 unspecified atom stereocenters. The first kappa shape index (κ1) is 21.9. The third-order valence-corrected chi connectivity index (χ3v) is 3.93. The minimum atomic E-state index is -0.928. The summed E-state index contributed by atoms with van der Waals surface area (Å²) >= 11 is 0. The number of carbonyl (C=O) groups excluding carboxylic acids is 3. The van der Waals surface area contributed by atoms with Crippen LogP contribution in [0.3, 0.4) is 0 Å². The number of nitrogens with one attached hydrogen (secondary N) is 1. The summed E-state index contributed by atoms with van der Waals surface area (Å²) in [5.74, 6) is -1.60. The molecule has 2 rings (SSSR count). The number of rotatable bonds is 6. The van der Waals surface area contributed by atoms with Gasteiger partial charge in [0.1, 0.15) is 17.4 Å². The Balaban J connectivity index is 2.11. The van der Waals surface area contributed by atoms with E-state index in [0.29, 0.717) is 5.56 Å². The van der Waals surface area contributed by atoms with Crippen molar-refractivity contribution in [2.24, 2.45) is 0 Å². The molecule has 0 heterocycles. The molecule has 7 nitrogen and oxygen atoms in total. The fraction of sp³-hybridized carbons (Fsp3) is 0.318. The van der Waals surface area contributed by atoms with Gasteiger partial charge in [-0.1, -0.05) is 18.2 Å². The molecule has 2 aromatic rings. The van der Waals surface area contributed by atoms with E-state index in [1.165, 1.54) is 31.4 Å². The Hall–Kier alpha value is -3.35. The van der Waals surface area contributed by atoms with Crippen LogP contribution in [0, 0.1) is 0 Å². The molecule has 0 bridgehead atoms. The third kappa shape index (κ3) is 6.64. The number of methoxy groups -OCH3 is 1. The summed E-state index contributed by atoms with van der Waals surface area (Å²) in [5, 5.41) is 12.1. The molecule has 0 aliphatic carbocycles. The summed E-state index contributed by atoms with van der Waals surface area (Å²) in [6, 6.07) is 11.5. The van der Waals surface area contributed by atoms with E-state index in [1.807, 2.05) is 0 Å². The van der Waals surface area contributed by atoms with Crippen molar-refractivity contribution in [1.29, 1.82) is 0 Å². The summed E-state index contributed by atoms with van der Waals surface area (Å²) in [6.07, 6.45) is 0.172. The molecule has 2 aromatic carbocycles. The molecule has 29 heavy (non-hydrogen) atoms. The van der Waals surface area contributed by atoms with E-state index in [-0.39, 0.29) is 17.7 Å². The highest BCUT2D eigenvalue weighted by atomic mass is 16.6. The second-order valence-corrected chi connectivity index (χ2v) is 7.50. The van der Waals surface area contributed by atoms with Gasteiger partial charge in [-0.15, -0.1) is 0 Å². The van der Waals surface area contributed by atoms with Crippen LogP contribution in [-0.2, 0) is 20.7 Å². The quantitative estimate of drug-likeness (QED) is 0.724. The lowest BCUT2D eigenvalue weighted by atomic mass is 10.0. The Bertz CT molecular complexity index is 883. The predicted octanol–water partition coefficient (Wildman–Crippen LogP) is 2.86. The number of amides is 1. The van der Waals surface area contributed by atoms with Gasteiger partial charge >= 0.3 is 11.9 Å². The van der Waals surface area contributed by atoms with E-state index in [0.717, 1.165) is 5.56 Å². The maximum Gasteiger partial charge on any atom is 0.338 e. The van der Waals surface area contributed by atoms with E-state index in [4.69, 9.17) is 9.47 Å². The summed E-state index contributed by atoms with van der Waals surface area (Å²) < 4.78 is 10.1. The van der Waals surface area contributed by atoms with Crippen molar-refractivity contribution in [2.45, 2.75) is 38.8 Å². The average molecular weight is 399 g/mol. The largest absolute Gasteiger partial charge is 0.508 e. The van der Waals surface area contributed by atoms with Gasteiger partial charge in [-0.2, -0.15) is 0 Å². The van der Waals surface area contributed by atoms with Gasteiger partial charge in [0, 0.05) is 12.0 Å². The standard InChI is InChI=1S/C22H25NO6/c1-22(2,3)29-20(26)15-10-8-14(9-11-15)12-18(21(27)28-4)23-19(25)16-6-5-7-17(24)13-16/h5-11,13,18,24H,12H2,1-4H3,(H,23,25)/t18-/m1/s1. The summed E-state index contributed by atoms with van der Waals surface area (Å²) in [5.41, 5.74) is 0.743. The van der Waals surface area contributed by atoms with Crippen LogP contribution in [0.2, 0.25) is 0 Å².